The summed E-state index contributed by atoms with van der Waals surface area (Å²) in [6.07, 6.45) is 1.55. The first-order valence-electron chi connectivity index (χ1n) is 5.12. The highest BCUT2D eigenvalue weighted by atomic mass is 79.9. The van der Waals surface area contributed by atoms with Crippen molar-refractivity contribution in [2.45, 2.75) is 24.7 Å². The van der Waals surface area contributed by atoms with Gasteiger partial charge in [-0.25, -0.2) is 17.5 Å². The van der Waals surface area contributed by atoms with Crippen LogP contribution >= 0.6 is 15.9 Å². The number of hydrogen-bond acceptors (Lipinski definition) is 3. The zero-order chi connectivity index (χ0) is 13.1. The molecule has 3 N–H and O–H groups in total. The van der Waals surface area contributed by atoms with Crippen molar-refractivity contribution < 1.29 is 12.8 Å². The van der Waals surface area contributed by atoms with E-state index in [9.17, 15) is 12.8 Å². The molecule has 0 aromatic heterocycles. The number of anilines is 1. The Balaban J connectivity index is 3.06. The molecule has 1 aromatic rings. The van der Waals surface area contributed by atoms with E-state index in [1.807, 2.05) is 6.92 Å². The van der Waals surface area contributed by atoms with Crippen LogP contribution in [0.15, 0.2) is 21.5 Å². The third kappa shape index (κ3) is 3.65. The molecule has 0 spiro atoms. The lowest BCUT2D eigenvalue weighted by Gasteiger charge is -2.09. The normalized spacial score (nSPS) is 11.7. The first-order valence-corrected chi connectivity index (χ1v) is 7.40. The Morgan fingerprint density at radius 3 is 2.71 bits per heavy atom. The van der Waals surface area contributed by atoms with Gasteiger partial charge in [0.15, 0.2) is 5.82 Å². The largest absolute Gasteiger partial charge is 0.399 e. The highest BCUT2D eigenvalue weighted by molar-refractivity contribution is 9.10. The van der Waals surface area contributed by atoms with E-state index < -0.39 is 20.7 Å². The molecule has 0 amide bonds. The van der Waals surface area contributed by atoms with Crippen molar-refractivity contribution in [3.63, 3.8) is 0 Å². The van der Waals surface area contributed by atoms with Gasteiger partial charge < -0.3 is 5.73 Å². The molecule has 1 rings (SSSR count). The van der Waals surface area contributed by atoms with Crippen LogP contribution in [0.25, 0.3) is 0 Å². The Morgan fingerprint density at radius 2 is 2.12 bits per heavy atom. The molecule has 0 radical (unpaired) electrons. The second-order valence-corrected chi connectivity index (χ2v) is 6.16. The molecule has 0 atom stereocenters. The van der Waals surface area contributed by atoms with E-state index in [1.54, 1.807) is 0 Å². The van der Waals surface area contributed by atoms with E-state index in [4.69, 9.17) is 5.73 Å². The molecule has 0 aliphatic carbocycles. The molecule has 7 heteroatoms. The number of nitrogens with one attached hydrogen (secondary N) is 1. The fourth-order valence-electron chi connectivity index (χ4n) is 1.24. The van der Waals surface area contributed by atoms with Crippen LogP contribution in [-0.2, 0) is 10.0 Å². The summed E-state index contributed by atoms with van der Waals surface area (Å²) in [4.78, 5) is -0.430. The van der Waals surface area contributed by atoms with E-state index >= 15 is 0 Å². The molecule has 0 aliphatic rings. The molecule has 0 aliphatic heterocycles. The van der Waals surface area contributed by atoms with Crippen molar-refractivity contribution >= 4 is 31.6 Å². The summed E-state index contributed by atoms with van der Waals surface area (Å²) in [7, 11) is -3.84. The molecule has 0 fully saturated rings. The van der Waals surface area contributed by atoms with E-state index in [1.165, 1.54) is 6.07 Å². The SMILES string of the molecule is CCCCNS(=O)(=O)c1cc(N)cc(Br)c1F. The van der Waals surface area contributed by atoms with Crippen LogP contribution in [0.1, 0.15) is 19.8 Å². The quantitative estimate of drug-likeness (QED) is 0.644. The van der Waals surface area contributed by atoms with E-state index in [-0.39, 0.29) is 16.7 Å². The average Bonchev–Trinajstić information content (AvgIpc) is 2.23. The van der Waals surface area contributed by atoms with Crippen LogP contribution in [0.3, 0.4) is 0 Å². The van der Waals surface area contributed by atoms with Crippen molar-refractivity contribution in [2.75, 3.05) is 12.3 Å². The van der Waals surface area contributed by atoms with Crippen LogP contribution in [0.2, 0.25) is 0 Å². The Morgan fingerprint density at radius 1 is 1.47 bits per heavy atom. The van der Waals surface area contributed by atoms with Crippen molar-refractivity contribution in [1.82, 2.24) is 4.72 Å². The Bertz CT molecular complexity index is 505. The Kier molecular flexibility index (Phi) is 4.91. The second kappa shape index (κ2) is 5.79. The number of hydrogen-bond donors (Lipinski definition) is 2. The third-order valence-electron chi connectivity index (χ3n) is 2.13. The first kappa shape index (κ1) is 14.4. The summed E-state index contributed by atoms with van der Waals surface area (Å²) in [6, 6.07) is 2.43. The molecule has 1 aromatic carbocycles. The van der Waals surface area contributed by atoms with E-state index in [0.29, 0.717) is 6.42 Å². The van der Waals surface area contributed by atoms with E-state index in [0.717, 1.165) is 12.5 Å². The molecule has 0 heterocycles. The molecule has 17 heavy (non-hydrogen) atoms. The van der Waals surface area contributed by atoms with Crippen molar-refractivity contribution in [1.29, 1.82) is 0 Å². The summed E-state index contributed by atoms with van der Waals surface area (Å²) in [6.45, 7) is 2.22. The van der Waals surface area contributed by atoms with Gasteiger partial charge in [-0.05, 0) is 34.5 Å². The van der Waals surface area contributed by atoms with E-state index in [2.05, 4.69) is 20.7 Å². The van der Waals surface area contributed by atoms with Gasteiger partial charge >= 0.3 is 0 Å². The summed E-state index contributed by atoms with van der Waals surface area (Å²) in [5, 5.41) is 0. The molecular formula is C10H14BrFN2O2S. The lowest BCUT2D eigenvalue weighted by Crippen LogP contribution is -2.25. The van der Waals surface area contributed by atoms with Gasteiger partial charge in [0.2, 0.25) is 10.0 Å². The molecule has 0 unspecified atom stereocenters. The van der Waals surface area contributed by atoms with Crippen molar-refractivity contribution in [3.05, 3.63) is 22.4 Å². The Labute approximate surface area is 109 Å². The van der Waals surface area contributed by atoms with Crippen LogP contribution in [0.5, 0.6) is 0 Å². The minimum Gasteiger partial charge on any atom is -0.399 e. The summed E-state index contributed by atoms with van der Waals surface area (Å²) in [5.74, 6) is -0.830. The van der Waals surface area contributed by atoms with Crippen LogP contribution in [-0.4, -0.2) is 15.0 Å². The second-order valence-electron chi connectivity index (χ2n) is 3.57. The number of unbranched alkanes of at least 4 members (excludes halogenated alkanes) is 1. The minimum absolute atomic E-state index is 0.0355. The number of benzene rings is 1. The van der Waals surface area contributed by atoms with Crippen molar-refractivity contribution in [3.8, 4) is 0 Å². The van der Waals surface area contributed by atoms with Gasteiger partial charge in [-0.2, -0.15) is 0 Å². The number of sulfonamides is 1. The maximum Gasteiger partial charge on any atom is 0.243 e. The summed E-state index contributed by atoms with van der Waals surface area (Å²) >= 11 is 2.92. The lowest BCUT2D eigenvalue weighted by atomic mass is 10.3. The highest BCUT2D eigenvalue weighted by Gasteiger charge is 2.21. The topological polar surface area (TPSA) is 72.2 Å². The lowest BCUT2D eigenvalue weighted by molar-refractivity contribution is 0.552. The fraction of sp³-hybridized carbons (Fsp3) is 0.400. The average molecular weight is 325 g/mol. The minimum atomic E-state index is -3.84. The van der Waals surface area contributed by atoms with Gasteiger partial charge in [0.05, 0.1) is 4.47 Å². The predicted octanol–water partition coefficient (Wildman–Crippen LogP) is 2.25. The van der Waals surface area contributed by atoms with Crippen LogP contribution in [0, 0.1) is 5.82 Å². The number of rotatable bonds is 5. The molecular weight excluding hydrogens is 311 g/mol. The van der Waals surface area contributed by atoms with Gasteiger partial charge in [0, 0.05) is 12.2 Å². The Hall–Kier alpha value is -0.660. The molecule has 4 nitrogen and oxygen atoms in total. The smallest absolute Gasteiger partial charge is 0.243 e. The molecule has 0 saturated heterocycles. The molecule has 96 valence electrons. The van der Waals surface area contributed by atoms with Gasteiger partial charge in [-0.15, -0.1) is 0 Å². The maximum atomic E-state index is 13.7. The zero-order valence-electron chi connectivity index (χ0n) is 9.33. The summed E-state index contributed by atoms with van der Waals surface area (Å²) < 4.78 is 39.6. The van der Waals surface area contributed by atoms with Gasteiger partial charge in [0.1, 0.15) is 4.90 Å². The zero-order valence-corrected chi connectivity index (χ0v) is 11.7. The number of nitrogen functional groups attached to an aromatic ring is 1. The maximum absolute atomic E-state index is 13.7. The molecule has 0 bridgehead atoms. The number of nitrogens with two attached hydrogens (primary N) is 1. The van der Waals surface area contributed by atoms with Crippen LogP contribution in [0.4, 0.5) is 10.1 Å². The van der Waals surface area contributed by atoms with Crippen LogP contribution < -0.4 is 10.5 Å². The monoisotopic (exact) mass is 324 g/mol. The van der Waals surface area contributed by atoms with Gasteiger partial charge in [0.25, 0.3) is 0 Å². The number of halogens is 2. The highest BCUT2D eigenvalue weighted by Crippen LogP contribution is 2.25. The van der Waals surface area contributed by atoms with Gasteiger partial charge in [-0.3, -0.25) is 0 Å². The summed E-state index contributed by atoms with van der Waals surface area (Å²) in [5.41, 5.74) is 5.68. The fourth-order valence-corrected chi connectivity index (χ4v) is 3.06. The predicted molar refractivity (Wildman–Crippen MR) is 68.6 cm³/mol. The third-order valence-corrected chi connectivity index (χ3v) is 4.17. The molecule has 0 saturated carbocycles. The van der Waals surface area contributed by atoms with Gasteiger partial charge in [-0.1, -0.05) is 13.3 Å². The van der Waals surface area contributed by atoms with Crippen molar-refractivity contribution in [2.24, 2.45) is 0 Å². The first-order chi connectivity index (χ1) is 7.88. The standard InChI is InChI=1S/C10H14BrFN2O2S/c1-2-3-4-14-17(15,16)9-6-7(13)5-8(11)10(9)12/h5-6,14H,2-4,13H2,1H3.